The van der Waals surface area contributed by atoms with Crippen LogP contribution in [0.25, 0.3) is 0 Å². The third-order valence-corrected chi connectivity index (χ3v) is 6.54. The minimum Gasteiger partial charge on any atom is -0.497 e. The number of hydrogen-bond acceptors (Lipinski definition) is 6. The van der Waals surface area contributed by atoms with Crippen molar-refractivity contribution < 1.29 is 23.5 Å². The van der Waals surface area contributed by atoms with Crippen molar-refractivity contribution in [3.8, 4) is 11.5 Å². The number of nitrogens with one attached hydrogen (secondary N) is 1. The molecule has 4 rings (SSSR count). The lowest BCUT2D eigenvalue weighted by atomic mass is 10.2. The molecule has 1 aliphatic heterocycles. The molecule has 0 aliphatic carbocycles. The SMILES string of the molecule is COc1ccc(CN2C(=O)C[C@H](C(=O)Nc3ccccc3OC)SC2=Nc2ccc(F)cc2)cc1. The number of aliphatic imine (C=N–C) groups is 1. The molecule has 0 radical (unpaired) electrons. The molecule has 0 bridgehead atoms. The molecule has 0 saturated carbocycles. The van der Waals surface area contributed by atoms with Gasteiger partial charge in [-0.15, -0.1) is 0 Å². The first-order valence-corrected chi connectivity index (χ1v) is 11.7. The molecule has 1 N–H and O–H groups in total. The lowest BCUT2D eigenvalue weighted by Gasteiger charge is -2.32. The summed E-state index contributed by atoms with van der Waals surface area (Å²) in [7, 11) is 3.11. The Morgan fingerprint density at radius 1 is 1.06 bits per heavy atom. The van der Waals surface area contributed by atoms with E-state index >= 15 is 0 Å². The van der Waals surface area contributed by atoms with Crippen LogP contribution in [0.3, 0.4) is 0 Å². The Bertz CT molecular complexity index is 1230. The van der Waals surface area contributed by atoms with Gasteiger partial charge in [0, 0.05) is 6.42 Å². The zero-order valence-corrected chi connectivity index (χ0v) is 20.0. The van der Waals surface area contributed by atoms with Gasteiger partial charge in [-0.3, -0.25) is 14.5 Å². The van der Waals surface area contributed by atoms with Gasteiger partial charge in [0.25, 0.3) is 0 Å². The summed E-state index contributed by atoms with van der Waals surface area (Å²) in [6.07, 6.45) is 0.00421. The maximum atomic E-state index is 13.4. The topological polar surface area (TPSA) is 80.2 Å². The van der Waals surface area contributed by atoms with Gasteiger partial charge in [-0.25, -0.2) is 9.38 Å². The first-order chi connectivity index (χ1) is 17.0. The van der Waals surface area contributed by atoms with Gasteiger partial charge in [0.15, 0.2) is 5.17 Å². The van der Waals surface area contributed by atoms with Crippen LogP contribution in [0.15, 0.2) is 77.8 Å². The summed E-state index contributed by atoms with van der Waals surface area (Å²) >= 11 is 1.19. The lowest BCUT2D eigenvalue weighted by Crippen LogP contribution is -2.44. The monoisotopic (exact) mass is 493 g/mol. The number of thioether (sulfide) groups is 1. The van der Waals surface area contributed by atoms with Gasteiger partial charge in [-0.1, -0.05) is 36.0 Å². The van der Waals surface area contributed by atoms with Gasteiger partial charge in [0.1, 0.15) is 22.6 Å². The summed E-state index contributed by atoms with van der Waals surface area (Å²) in [6, 6.07) is 20.1. The van der Waals surface area contributed by atoms with Crippen LogP contribution in [0.2, 0.25) is 0 Å². The van der Waals surface area contributed by atoms with Crippen LogP contribution in [0, 0.1) is 5.82 Å². The summed E-state index contributed by atoms with van der Waals surface area (Å²) in [5.74, 6) is 0.283. The van der Waals surface area contributed by atoms with Gasteiger partial charge >= 0.3 is 0 Å². The van der Waals surface area contributed by atoms with Crippen LogP contribution in [-0.4, -0.2) is 41.4 Å². The highest BCUT2D eigenvalue weighted by Gasteiger charge is 2.36. The van der Waals surface area contributed by atoms with Crippen LogP contribution < -0.4 is 14.8 Å². The molecule has 1 atom stereocenters. The molecule has 3 aromatic carbocycles. The van der Waals surface area contributed by atoms with Crippen molar-refractivity contribution in [2.45, 2.75) is 18.2 Å². The van der Waals surface area contributed by atoms with Crippen molar-refractivity contribution in [1.29, 1.82) is 0 Å². The van der Waals surface area contributed by atoms with E-state index in [4.69, 9.17) is 9.47 Å². The van der Waals surface area contributed by atoms with Gasteiger partial charge in [-0.05, 0) is 54.1 Å². The number of nitrogens with zero attached hydrogens (tertiary/aromatic N) is 2. The molecule has 35 heavy (non-hydrogen) atoms. The van der Waals surface area contributed by atoms with E-state index in [1.54, 1.807) is 36.3 Å². The molecule has 0 aromatic heterocycles. The number of anilines is 1. The highest BCUT2D eigenvalue weighted by Crippen LogP contribution is 2.32. The third-order valence-electron chi connectivity index (χ3n) is 5.35. The van der Waals surface area contributed by atoms with E-state index in [1.807, 2.05) is 24.3 Å². The molecule has 1 fully saturated rings. The largest absolute Gasteiger partial charge is 0.497 e. The molecular formula is C26H24FN3O4S. The van der Waals surface area contributed by atoms with E-state index in [0.717, 1.165) is 5.56 Å². The maximum absolute atomic E-state index is 13.4. The molecule has 7 nitrogen and oxygen atoms in total. The highest BCUT2D eigenvalue weighted by molar-refractivity contribution is 8.15. The number of para-hydroxylation sites is 2. The van der Waals surface area contributed by atoms with Crippen molar-refractivity contribution in [2.75, 3.05) is 19.5 Å². The Hall–Kier alpha value is -3.85. The molecular weight excluding hydrogens is 469 g/mol. The summed E-state index contributed by atoms with van der Waals surface area (Å²) in [5, 5.41) is 2.52. The van der Waals surface area contributed by atoms with Crippen LogP contribution in [-0.2, 0) is 16.1 Å². The smallest absolute Gasteiger partial charge is 0.238 e. The normalized spacial score (nSPS) is 16.8. The first-order valence-electron chi connectivity index (χ1n) is 10.8. The molecule has 1 heterocycles. The minimum atomic E-state index is -0.696. The molecule has 0 unspecified atom stereocenters. The van der Waals surface area contributed by atoms with E-state index in [9.17, 15) is 14.0 Å². The summed E-state index contributed by atoms with van der Waals surface area (Å²) in [5.41, 5.74) is 1.88. The summed E-state index contributed by atoms with van der Waals surface area (Å²) in [4.78, 5) is 32.4. The zero-order valence-electron chi connectivity index (χ0n) is 19.2. The molecule has 1 aliphatic rings. The summed E-state index contributed by atoms with van der Waals surface area (Å²) in [6.45, 7) is 0.275. The van der Waals surface area contributed by atoms with Crippen molar-refractivity contribution in [2.24, 2.45) is 4.99 Å². The van der Waals surface area contributed by atoms with E-state index in [1.165, 1.54) is 43.1 Å². The Kier molecular flexibility index (Phi) is 7.67. The van der Waals surface area contributed by atoms with Crippen LogP contribution in [0.4, 0.5) is 15.8 Å². The Morgan fingerprint density at radius 2 is 1.77 bits per heavy atom. The number of hydrogen-bond donors (Lipinski definition) is 1. The van der Waals surface area contributed by atoms with Crippen molar-refractivity contribution in [3.63, 3.8) is 0 Å². The number of amidine groups is 1. The van der Waals surface area contributed by atoms with Gasteiger partial charge < -0.3 is 14.8 Å². The average Bonchev–Trinajstić information content (AvgIpc) is 2.88. The molecule has 1 saturated heterocycles. The van der Waals surface area contributed by atoms with Crippen LogP contribution >= 0.6 is 11.8 Å². The van der Waals surface area contributed by atoms with E-state index < -0.39 is 5.25 Å². The lowest BCUT2D eigenvalue weighted by molar-refractivity contribution is -0.129. The number of methoxy groups -OCH3 is 2. The number of ether oxygens (including phenoxy) is 2. The van der Waals surface area contributed by atoms with Gasteiger partial charge in [0.2, 0.25) is 11.8 Å². The number of benzene rings is 3. The second-order valence-corrected chi connectivity index (χ2v) is 8.87. The maximum Gasteiger partial charge on any atom is 0.238 e. The molecule has 0 spiro atoms. The number of amides is 2. The van der Waals surface area contributed by atoms with Crippen molar-refractivity contribution >= 4 is 40.1 Å². The fourth-order valence-electron chi connectivity index (χ4n) is 3.50. The van der Waals surface area contributed by atoms with E-state index in [-0.39, 0.29) is 30.6 Å². The number of rotatable bonds is 7. The standard InChI is InChI=1S/C26H24FN3O4S/c1-33-20-13-7-17(8-14-20)16-30-24(31)15-23(25(32)29-21-5-3-4-6-22(21)34-2)35-26(30)28-19-11-9-18(27)10-12-19/h3-14,23H,15-16H2,1-2H3,(H,29,32)/t23-/m1/s1. The van der Waals surface area contributed by atoms with Crippen molar-refractivity contribution in [3.05, 3.63) is 84.2 Å². The first kappa shape index (κ1) is 24.3. The minimum absolute atomic E-state index is 0.00421. The van der Waals surface area contributed by atoms with Gasteiger partial charge in [-0.2, -0.15) is 0 Å². The number of carbonyl (C=O) groups is 2. The predicted octanol–water partition coefficient (Wildman–Crippen LogP) is 5.00. The second-order valence-electron chi connectivity index (χ2n) is 7.70. The fraction of sp³-hybridized carbons (Fsp3) is 0.192. The molecule has 3 aromatic rings. The number of carbonyl (C=O) groups excluding carboxylic acids is 2. The summed E-state index contributed by atoms with van der Waals surface area (Å²) < 4.78 is 23.9. The highest BCUT2D eigenvalue weighted by atomic mass is 32.2. The Labute approximate surface area is 207 Å². The van der Waals surface area contributed by atoms with Crippen LogP contribution in [0.5, 0.6) is 11.5 Å². The quantitative estimate of drug-likeness (QED) is 0.501. The fourth-order valence-corrected chi connectivity index (χ4v) is 4.60. The van der Waals surface area contributed by atoms with E-state index in [2.05, 4.69) is 10.3 Å². The Balaban J connectivity index is 1.59. The van der Waals surface area contributed by atoms with Gasteiger partial charge in [0.05, 0.1) is 32.1 Å². The second kappa shape index (κ2) is 11.1. The molecule has 9 heteroatoms. The van der Waals surface area contributed by atoms with E-state index in [0.29, 0.717) is 28.0 Å². The predicted molar refractivity (Wildman–Crippen MR) is 135 cm³/mol. The average molecular weight is 494 g/mol. The number of halogens is 1. The van der Waals surface area contributed by atoms with Crippen LogP contribution in [0.1, 0.15) is 12.0 Å². The molecule has 180 valence electrons. The Morgan fingerprint density at radius 3 is 2.46 bits per heavy atom. The van der Waals surface area contributed by atoms with Crippen molar-refractivity contribution in [1.82, 2.24) is 4.90 Å². The third kappa shape index (κ3) is 5.99. The molecule has 2 amide bonds. The zero-order chi connectivity index (χ0) is 24.8.